The van der Waals surface area contributed by atoms with Crippen LogP contribution in [0, 0.1) is 6.92 Å². The Bertz CT molecular complexity index is 601. The van der Waals surface area contributed by atoms with E-state index in [1.165, 1.54) is 6.08 Å². The molecule has 1 heterocycles. The summed E-state index contributed by atoms with van der Waals surface area (Å²) in [6.45, 7) is 5.52. The highest BCUT2D eigenvalue weighted by Crippen LogP contribution is 2.30. The summed E-state index contributed by atoms with van der Waals surface area (Å²) in [5.74, 6) is 0. The molecule has 0 spiro atoms. The van der Waals surface area contributed by atoms with Gasteiger partial charge in [0.05, 0.1) is 22.0 Å². The van der Waals surface area contributed by atoms with Gasteiger partial charge in [0.15, 0.2) is 0 Å². The van der Waals surface area contributed by atoms with E-state index in [9.17, 15) is 13.5 Å². The van der Waals surface area contributed by atoms with Crippen molar-refractivity contribution < 1.29 is 18.3 Å². The normalized spacial score (nSPS) is 24.5. The minimum Gasteiger partial charge on any atom is -0.388 e. The van der Waals surface area contributed by atoms with E-state index >= 15 is 0 Å². The highest BCUT2D eigenvalue weighted by atomic mass is 32.2. The zero-order chi connectivity index (χ0) is 14.9. The second-order valence-corrected chi connectivity index (χ2v) is 7.07. The number of aliphatic hydroxyl groups is 1. The summed E-state index contributed by atoms with van der Waals surface area (Å²) in [5, 5.41) is 10.0. The van der Waals surface area contributed by atoms with E-state index in [2.05, 4.69) is 0 Å². The lowest BCUT2D eigenvalue weighted by Gasteiger charge is -2.14. The van der Waals surface area contributed by atoms with Crippen LogP contribution in [0.25, 0.3) is 0 Å². The lowest BCUT2D eigenvalue weighted by atomic mass is 10.2. The third-order valence-electron chi connectivity index (χ3n) is 3.44. The lowest BCUT2D eigenvalue weighted by Crippen LogP contribution is -2.19. The van der Waals surface area contributed by atoms with Crippen molar-refractivity contribution in [1.82, 2.24) is 0 Å². The Hall–Kier alpha value is -1.17. The number of aliphatic hydroxyl groups excluding tert-OH is 1. The van der Waals surface area contributed by atoms with Gasteiger partial charge in [-0.1, -0.05) is 24.6 Å². The van der Waals surface area contributed by atoms with Gasteiger partial charge in [0, 0.05) is 0 Å². The molecule has 2 rings (SSSR count). The fourth-order valence-electron chi connectivity index (χ4n) is 1.97. The minimum absolute atomic E-state index is 0.0160. The molecule has 4 nitrogen and oxygen atoms in total. The molecule has 0 aromatic heterocycles. The van der Waals surface area contributed by atoms with Crippen LogP contribution < -0.4 is 0 Å². The molecule has 1 aliphatic rings. The van der Waals surface area contributed by atoms with Gasteiger partial charge in [-0.15, -0.1) is 0 Å². The Morgan fingerprint density at radius 1 is 1.40 bits per heavy atom. The molecule has 0 bridgehead atoms. The number of ether oxygens (including phenoxy) is 1. The predicted octanol–water partition coefficient (Wildman–Crippen LogP) is 2.21. The molecule has 20 heavy (non-hydrogen) atoms. The average Bonchev–Trinajstić information content (AvgIpc) is 3.11. The summed E-state index contributed by atoms with van der Waals surface area (Å²) < 4.78 is 30.5. The van der Waals surface area contributed by atoms with E-state index in [1.54, 1.807) is 31.2 Å². The van der Waals surface area contributed by atoms with Crippen LogP contribution in [0.5, 0.6) is 0 Å². The summed E-state index contributed by atoms with van der Waals surface area (Å²) >= 11 is 0. The lowest BCUT2D eigenvalue weighted by molar-refractivity contribution is 0.213. The van der Waals surface area contributed by atoms with Crippen molar-refractivity contribution in [2.45, 2.75) is 50.4 Å². The molecule has 1 saturated heterocycles. The first-order valence-electron chi connectivity index (χ1n) is 6.73. The standard InChI is InChI=1S/C15H20O4S/c1-4-13(16)15(9-14-11(3)19-14)20(17,18)12-7-5-10(2)6-8-12/h5-9,11,13-14,16H,4H2,1-3H3/b15-9+/t11-,13-,14-/m1/s1. The number of hydrogen-bond acceptors (Lipinski definition) is 4. The van der Waals surface area contributed by atoms with Gasteiger partial charge in [0.1, 0.15) is 6.10 Å². The van der Waals surface area contributed by atoms with Crippen molar-refractivity contribution in [3.05, 3.63) is 40.8 Å². The summed E-state index contributed by atoms with van der Waals surface area (Å²) in [5.41, 5.74) is 0.990. The number of benzene rings is 1. The molecule has 0 radical (unpaired) electrons. The van der Waals surface area contributed by atoms with Crippen LogP contribution in [-0.4, -0.2) is 31.8 Å². The molecule has 0 unspecified atom stereocenters. The Morgan fingerprint density at radius 2 is 1.95 bits per heavy atom. The SMILES string of the molecule is CC[C@@H](O)/C(=C\[C@H]1O[C@@H]1C)S(=O)(=O)c1ccc(C)cc1. The molecule has 1 aromatic rings. The van der Waals surface area contributed by atoms with Gasteiger partial charge in [-0.2, -0.15) is 0 Å². The largest absolute Gasteiger partial charge is 0.388 e. The maximum absolute atomic E-state index is 12.6. The second-order valence-electron chi connectivity index (χ2n) is 5.12. The molecule has 110 valence electrons. The Labute approximate surface area is 120 Å². The molecule has 1 aromatic carbocycles. The van der Waals surface area contributed by atoms with E-state index in [-0.39, 0.29) is 22.0 Å². The Balaban J connectivity index is 2.41. The summed E-state index contributed by atoms with van der Waals surface area (Å²) in [4.78, 5) is 0.244. The first-order valence-corrected chi connectivity index (χ1v) is 8.21. The minimum atomic E-state index is -3.68. The van der Waals surface area contributed by atoms with Gasteiger partial charge in [0.2, 0.25) is 9.84 Å². The van der Waals surface area contributed by atoms with E-state index in [0.717, 1.165) is 5.56 Å². The summed E-state index contributed by atoms with van der Waals surface area (Å²) in [6.07, 6.45) is 0.679. The first-order chi connectivity index (χ1) is 9.36. The van der Waals surface area contributed by atoms with E-state index in [1.807, 2.05) is 13.8 Å². The third-order valence-corrected chi connectivity index (χ3v) is 5.36. The third kappa shape index (κ3) is 3.11. The van der Waals surface area contributed by atoms with Crippen molar-refractivity contribution in [3.63, 3.8) is 0 Å². The number of aryl methyl sites for hydroxylation is 1. The molecule has 0 amide bonds. The van der Waals surface area contributed by atoms with Gasteiger partial charge in [-0.25, -0.2) is 8.42 Å². The highest BCUT2D eigenvalue weighted by molar-refractivity contribution is 7.95. The molecule has 1 aliphatic heterocycles. The fourth-order valence-corrected chi connectivity index (χ4v) is 3.58. The maximum atomic E-state index is 12.6. The quantitative estimate of drug-likeness (QED) is 0.846. The van der Waals surface area contributed by atoms with E-state index in [0.29, 0.717) is 6.42 Å². The van der Waals surface area contributed by atoms with Crippen LogP contribution in [-0.2, 0) is 14.6 Å². The average molecular weight is 296 g/mol. The molecule has 0 saturated carbocycles. The molecule has 1 N–H and O–H groups in total. The van der Waals surface area contributed by atoms with E-state index in [4.69, 9.17) is 4.74 Å². The second kappa shape index (κ2) is 5.68. The highest BCUT2D eigenvalue weighted by Gasteiger charge is 2.36. The van der Waals surface area contributed by atoms with Gasteiger partial charge in [-0.3, -0.25) is 0 Å². The number of sulfone groups is 1. The van der Waals surface area contributed by atoms with Crippen LogP contribution in [0.3, 0.4) is 0 Å². The zero-order valence-electron chi connectivity index (χ0n) is 11.9. The van der Waals surface area contributed by atoms with Crippen LogP contribution in [0.2, 0.25) is 0 Å². The van der Waals surface area contributed by atoms with Crippen molar-refractivity contribution in [2.75, 3.05) is 0 Å². The van der Waals surface area contributed by atoms with Crippen molar-refractivity contribution in [3.8, 4) is 0 Å². The zero-order valence-corrected chi connectivity index (χ0v) is 12.7. The first kappa shape index (κ1) is 15.2. The van der Waals surface area contributed by atoms with Gasteiger partial charge in [0.25, 0.3) is 0 Å². The number of epoxide rings is 1. The summed E-state index contributed by atoms with van der Waals surface area (Å²) in [7, 11) is -3.68. The number of rotatable bonds is 5. The predicted molar refractivity (Wildman–Crippen MR) is 77.1 cm³/mol. The smallest absolute Gasteiger partial charge is 0.205 e. The van der Waals surface area contributed by atoms with Gasteiger partial charge in [-0.05, 0) is 38.5 Å². The van der Waals surface area contributed by atoms with Crippen molar-refractivity contribution in [1.29, 1.82) is 0 Å². The Morgan fingerprint density at radius 3 is 2.40 bits per heavy atom. The summed E-state index contributed by atoms with van der Waals surface area (Å²) in [6, 6.07) is 6.63. The van der Waals surface area contributed by atoms with Crippen LogP contribution in [0.1, 0.15) is 25.8 Å². The topological polar surface area (TPSA) is 66.9 Å². The van der Waals surface area contributed by atoms with Crippen LogP contribution in [0.4, 0.5) is 0 Å². The maximum Gasteiger partial charge on any atom is 0.205 e. The van der Waals surface area contributed by atoms with Crippen LogP contribution in [0.15, 0.2) is 40.1 Å². The van der Waals surface area contributed by atoms with Crippen molar-refractivity contribution >= 4 is 9.84 Å². The van der Waals surface area contributed by atoms with Gasteiger partial charge < -0.3 is 9.84 Å². The Kier molecular flexibility index (Phi) is 4.32. The van der Waals surface area contributed by atoms with Gasteiger partial charge >= 0.3 is 0 Å². The molecule has 5 heteroatoms. The molecule has 3 atom stereocenters. The molecule has 0 aliphatic carbocycles. The monoisotopic (exact) mass is 296 g/mol. The van der Waals surface area contributed by atoms with E-state index < -0.39 is 15.9 Å². The molecule has 1 fully saturated rings. The molecular formula is C15H20O4S. The number of hydrogen-bond donors (Lipinski definition) is 1. The fraction of sp³-hybridized carbons (Fsp3) is 0.467. The van der Waals surface area contributed by atoms with Crippen molar-refractivity contribution in [2.24, 2.45) is 0 Å². The molecular weight excluding hydrogens is 276 g/mol. The van der Waals surface area contributed by atoms with Crippen LogP contribution >= 0.6 is 0 Å².